The minimum atomic E-state index is -1.22. The Hall–Kier alpha value is -2.72. The molecule has 1 aromatic carbocycles. The van der Waals surface area contributed by atoms with E-state index in [0.717, 1.165) is 43.1 Å². The summed E-state index contributed by atoms with van der Waals surface area (Å²) in [6.07, 6.45) is 2.92. The maximum Gasteiger partial charge on any atom is 0.254 e. The maximum absolute atomic E-state index is 14.5. The fraction of sp³-hybridized carbons (Fsp3) is 0.458. The van der Waals surface area contributed by atoms with Crippen molar-refractivity contribution in [3.63, 3.8) is 0 Å². The zero-order chi connectivity index (χ0) is 24.5. The minimum Gasteiger partial charge on any atom is -0.481 e. The van der Waals surface area contributed by atoms with E-state index in [1.807, 2.05) is 5.38 Å². The predicted octanol–water partition coefficient (Wildman–Crippen LogP) is 4.36. The number of piperidine rings is 1. The Balaban J connectivity index is 1.35. The Morgan fingerprint density at radius 1 is 1.24 bits per heavy atom. The molecule has 1 aromatic heterocycles. The van der Waals surface area contributed by atoms with Crippen LogP contribution in [-0.2, 0) is 16.2 Å². The Labute approximate surface area is 199 Å². The number of halogens is 3. The number of carbonyl (C=O) groups is 2. The lowest BCUT2D eigenvalue weighted by Crippen LogP contribution is -2.40. The van der Waals surface area contributed by atoms with Gasteiger partial charge >= 0.3 is 0 Å². The summed E-state index contributed by atoms with van der Waals surface area (Å²) in [4.78, 5) is 29.6. The van der Waals surface area contributed by atoms with Gasteiger partial charge in [-0.2, -0.15) is 0 Å². The Bertz CT molecular complexity index is 1100. The van der Waals surface area contributed by atoms with E-state index in [1.165, 1.54) is 17.4 Å². The molecule has 2 saturated heterocycles. The molecular formula is C24H26F3N3O3S. The number of ether oxygens (including phenoxy) is 1. The summed E-state index contributed by atoms with van der Waals surface area (Å²) >= 11 is 1.49. The van der Waals surface area contributed by atoms with Crippen LogP contribution in [0, 0.1) is 11.6 Å². The van der Waals surface area contributed by atoms with Gasteiger partial charge in [0, 0.05) is 23.4 Å². The van der Waals surface area contributed by atoms with Crippen molar-refractivity contribution in [2.75, 3.05) is 19.6 Å². The summed E-state index contributed by atoms with van der Waals surface area (Å²) in [5, 5.41) is 4.89. The van der Waals surface area contributed by atoms with Gasteiger partial charge in [-0.25, -0.2) is 18.2 Å². The van der Waals surface area contributed by atoms with Crippen molar-refractivity contribution in [1.29, 1.82) is 0 Å². The van der Waals surface area contributed by atoms with Crippen LogP contribution in [0.4, 0.5) is 13.2 Å². The molecule has 2 amide bonds. The zero-order valence-corrected chi connectivity index (χ0v) is 19.8. The zero-order valence-electron chi connectivity index (χ0n) is 19.0. The maximum atomic E-state index is 14.5. The highest BCUT2D eigenvalue weighted by Crippen LogP contribution is 2.32. The molecule has 2 aliphatic heterocycles. The summed E-state index contributed by atoms with van der Waals surface area (Å²) in [6.45, 7) is 5.10. The molecule has 0 unspecified atom stereocenters. The first kappa shape index (κ1) is 24.4. The predicted molar refractivity (Wildman–Crippen MR) is 122 cm³/mol. The number of benzene rings is 1. The SMILES string of the molecule is CC(C)(F)CN1CCC(c2nc(COc3c(F)cc(/C=C4\CC(=O)NC4=O)cc3F)cs2)CC1. The molecule has 34 heavy (non-hydrogen) atoms. The lowest BCUT2D eigenvalue weighted by molar-refractivity contribution is -0.124. The summed E-state index contributed by atoms with van der Waals surface area (Å²) in [5.41, 5.74) is -0.367. The highest BCUT2D eigenvalue weighted by atomic mass is 32.1. The van der Waals surface area contributed by atoms with E-state index in [9.17, 15) is 22.8 Å². The molecule has 0 bridgehead atoms. The molecule has 1 N–H and O–H groups in total. The van der Waals surface area contributed by atoms with Gasteiger partial charge in [0.05, 0.1) is 17.1 Å². The normalized spacial score (nSPS) is 19.1. The molecular weight excluding hydrogens is 467 g/mol. The fourth-order valence-electron chi connectivity index (χ4n) is 4.22. The molecule has 2 aromatic rings. The van der Waals surface area contributed by atoms with E-state index in [4.69, 9.17) is 4.74 Å². The number of rotatable bonds is 7. The van der Waals surface area contributed by atoms with Crippen LogP contribution in [-0.4, -0.2) is 47.0 Å². The van der Waals surface area contributed by atoms with Gasteiger partial charge in [0.1, 0.15) is 12.3 Å². The summed E-state index contributed by atoms with van der Waals surface area (Å²) in [7, 11) is 0. The van der Waals surface area contributed by atoms with Crippen LogP contribution < -0.4 is 10.1 Å². The standard InChI is InChI=1S/C24H26F3N3O3S/c1-24(2,27)13-30-5-3-15(4-6-30)23-28-17(12-34-23)11-33-21-18(25)8-14(9-19(21)26)7-16-10-20(31)29-22(16)32/h7-9,12,15H,3-6,10-11,13H2,1-2H3,(H,29,31,32)/b16-7+. The largest absolute Gasteiger partial charge is 0.481 e. The molecule has 0 atom stereocenters. The van der Waals surface area contributed by atoms with Gasteiger partial charge in [-0.1, -0.05) is 0 Å². The molecule has 3 heterocycles. The first-order valence-electron chi connectivity index (χ1n) is 11.1. The number of nitrogens with one attached hydrogen (secondary N) is 1. The van der Waals surface area contributed by atoms with Crippen LogP contribution in [0.3, 0.4) is 0 Å². The number of aromatic nitrogens is 1. The van der Waals surface area contributed by atoms with Crippen LogP contribution in [0.1, 0.15) is 55.3 Å². The van der Waals surface area contributed by atoms with E-state index in [1.54, 1.807) is 13.8 Å². The topological polar surface area (TPSA) is 71.5 Å². The van der Waals surface area contributed by atoms with Crippen molar-refractivity contribution >= 4 is 29.2 Å². The average molecular weight is 494 g/mol. The van der Waals surface area contributed by atoms with Gasteiger partial charge in [0.2, 0.25) is 5.91 Å². The quantitative estimate of drug-likeness (QED) is 0.459. The third-order valence-corrected chi connectivity index (χ3v) is 6.78. The van der Waals surface area contributed by atoms with Gasteiger partial charge in [0.25, 0.3) is 5.91 Å². The lowest BCUT2D eigenvalue weighted by Gasteiger charge is -2.33. The van der Waals surface area contributed by atoms with Crippen molar-refractivity contribution in [2.24, 2.45) is 0 Å². The van der Waals surface area contributed by atoms with Crippen LogP contribution >= 0.6 is 11.3 Å². The summed E-state index contributed by atoms with van der Waals surface area (Å²) in [5.74, 6) is -3.08. The Morgan fingerprint density at radius 3 is 2.50 bits per heavy atom. The second-order valence-electron chi connectivity index (χ2n) is 9.27. The number of imide groups is 1. The fourth-order valence-corrected chi connectivity index (χ4v) is 5.19. The van der Waals surface area contributed by atoms with Crippen LogP contribution in [0.25, 0.3) is 6.08 Å². The van der Waals surface area contributed by atoms with Crippen molar-refractivity contribution in [3.8, 4) is 5.75 Å². The number of hydrogen-bond donors (Lipinski definition) is 1. The smallest absolute Gasteiger partial charge is 0.254 e. The highest BCUT2D eigenvalue weighted by molar-refractivity contribution is 7.09. The van der Waals surface area contributed by atoms with Crippen molar-refractivity contribution in [3.05, 3.63) is 51.0 Å². The molecule has 6 nitrogen and oxygen atoms in total. The Kier molecular flexibility index (Phi) is 7.09. The van der Waals surface area contributed by atoms with Gasteiger partial charge in [0.15, 0.2) is 17.4 Å². The van der Waals surface area contributed by atoms with E-state index in [2.05, 4.69) is 15.2 Å². The summed E-state index contributed by atoms with van der Waals surface area (Å²) < 4.78 is 48.3. The van der Waals surface area contributed by atoms with Crippen LogP contribution in [0.2, 0.25) is 0 Å². The molecule has 0 spiro atoms. The molecule has 0 aliphatic carbocycles. The second-order valence-corrected chi connectivity index (χ2v) is 10.2. The lowest BCUT2D eigenvalue weighted by atomic mass is 9.96. The number of alkyl halides is 1. The number of thiazole rings is 1. The molecule has 10 heteroatoms. The van der Waals surface area contributed by atoms with Gasteiger partial charge in [-0.05, 0) is 63.6 Å². The van der Waals surface area contributed by atoms with E-state index >= 15 is 0 Å². The van der Waals surface area contributed by atoms with Crippen LogP contribution in [0.5, 0.6) is 5.75 Å². The minimum absolute atomic E-state index is 0.0867. The molecule has 2 aliphatic rings. The van der Waals surface area contributed by atoms with Gasteiger partial charge in [-0.3, -0.25) is 14.9 Å². The van der Waals surface area contributed by atoms with Crippen molar-refractivity contribution in [1.82, 2.24) is 15.2 Å². The van der Waals surface area contributed by atoms with Crippen molar-refractivity contribution < 1.29 is 27.5 Å². The number of likely N-dealkylation sites (tertiary alicyclic amines) is 1. The van der Waals surface area contributed by atoms with E-state index < -0.39 is 34.9 Å². The molecule has 0 saturated carbocycles. The monoisotopic (exact) mass is 493 g/mol. The molecule has 0 radical (unpaired) electrons. The number of carbonyl (C=O) groups excluding carboxylic acids is 2. The molecule has 2 fully saturated rings. The summed E-state index contributed by atoms with van der Waals surface area (Å²) in [6, 6.07) is 2.11. The number of nitrogens with zero attached hydrogens (tertiary/aromatic N) is 2. The van der Waals surface area contributed by atoms with Gasteiger partial charge < -0.3 is 9.64 Å². The Morgan fingerprint density at radius 2 is 1.91 bits per heavy atom. The third-order valence-electron chi connectivity index (χ3n) is 5.73. The number of amides is 2. The highest BCUT2D eigenvalue weighted by Gasteiger charge is 2.27. The third kappa shape index (κ3) is 6.04. The first-order valence-corrected chi connectivity index (χ1v) is 12.0. The average Bonchev–Trinajstić information content (AvgIpc) is 3.33. The number of hydrogen-bond acceptors (Lipinski definition) is 6. The van der Waals surface area contributed by atoms with Crippen LogP contribution in [0.15, 0.2) is 23.1 Å². The molecule has 4 rings (SSSR count). The van der Waals surface area contributed by atoms with E-state index in [0.29, 0.717) is 12.2 Å². The van der Waals surface area contributed by atoms with Gasteiger partial charge in [-0.15, -0.1) is 11.3 Å². The molecule has 182 valence electrons. The second kappa shape index (κ2) is 9.87. The van der Waals surface area contributed by atoms with E-state index in [-0.39, 0.29) is 30.1 Å². The first-order chi connectivity index (χ1) is 16.1. The van der Waals surface area contributed by atoms with Crippen molar-refractivity contribution in [2.45, 2.75) is 51.3 Å².